The third-order valence-corrected chi connectivity index (χ3v) is 8.60. The van der Waals surface area contributed by atoms with Crippen molar-refractivity contribution < 1.29 is 0 Å². The lowest BCUT2D eigenvalue weighted by Crippen LogP contribution is -1.93. The van der Waals surface area contributed by atoms with Crippen molar-refractivity contribution in [2.75, 3.05) is 0 Å². The highest BCUT2D eigenvalue weighted by atomic mass is 14.8. The predicted molar refractivity (Wildman–Crippen MR) is 181 cm³/mol. The van der Waals surface area contributed by atoms with Gasteiger partial charge in [-0.25, -0.2) is 4.98 Å². The second-order valence-corrected chi connectivity index (χ2v) is 11.1. The highest BCUT2D eigenvalue weighted by Crippen LogP contribution is 2.37. The minimum atomic E-state index is 0.733. The van der Waals surface area contributed by atoms with Crippen LogP contribution in [0.4, 0.5) is 0 Å². The largest absolute Gasteiger partial charge is 0.254 e. The van der Waals surface area contributed by atoms with Gasteiger partial charge in [-0.3, -0.25) is 15.0 Å². The van der Waals surface area contributed by atoms with Crippen LogP contribution in [0.3, 0.4) is 0 Å². The number of hydrogen-bond donors (Lipinski definition) is 0. The van der Waals surface area contributed by atoms with Crippen LogP contribution in [-0.2, 0) is 0 Å². The topological polar surface area (TPSA) is 51.6 Å². The molecule has 0 aliphatic heterocycles. The van der Waals surface area contributed by atoms with Crippen LogP contribution in [-0.4, -0.2) is 19.9 Å². The van der Waals surface area contributed by atoms with Gasteiger partial charge in [0.2, 0.25) is 0 Å². The average molecular weight is 561 g/mol. The summed E-state index contributed by atoms with van der Waals surface area (Å²) in [6.07, 6.45) is 5.43. The summed E-state index contributed by atoms with van der Waals surface area (Å²) in [6.45, 7) is 0. The summed E-state index contributed by atoms with van der Waals surface area (Å²) < 4.78 is 0. The van der Waals surface area contributed by atoms with Gasteiger partial charge >= 0.3 is 0 Å². The summed E-state index contributed by atoms with van der Waals surface area (Å²) in [6, 6.07) is 45.0. The van der Waals surface area contributed by atoms with Gasteiger partial charge in [-0.1, -0.05) is 109 Å². The number of aromatic nitrogens is 4. The Morgan fingerprint density at radius 2 is 0.909 bits per heavy atom. The normalized spacial score (nSPS) is 11.6. The Hall–Kier alpha value is -6.00. The molecule has 3 heterocycles. The van der Waals surface area contributed by atoms with Gasteiger partial charge in [0.25, 0.3) is 0 Å². The summed E-state index contributed by atoms with van der Waals surface area (Å²) in [5.41, 5.74) is 7.48. The second-order valence-electron chi connectivity index (χ2n) is 11.1. The van der Waals surface area contributed by atoms with E-state index in [2.05, 4.69) is 120 Å². The summed E-state index contributed by atoms with van der Waals surface area (Å²) in [5.74, 6) is 0. The van der Waals surface area contributed by atoms with Crippen molar-refractivity contribution in [1.82, 2.24) is 19.9 Å². The third kappa shape index (κ3) is 3.92. The van der Waals surface area contributed by atoms with Crippen LogP contribution in [0.15, 0.2) is 146 Å². The van der Waals surface area contributed by atoms with Crippen LogP contribution in [0.5, 0.6) is 0 Å². The number of nitrogens with zero attached hydrogens (tertiary/aromatic N) is 4. The Balaban J connectivity index is 1.05. The monoisotopic (exact) mass is 560 g/mol. The maximum atomic E-state index is 4.91. The maximum absolute atomic E-state index is 4.91. The van der Waals surface area contributed by atoms with E-state index in [4.69, 9.17) is 15.0 Å². The van der Waals surface area contributed by atoms with Gasteiger partial charge in [0, 0.05) is 22.5 Å². The van der Waals surface area contributed by atoms with E-state index >= 15 is 0 Å². The molecule has 0 bridgehead atoms. The summed E-state index contributed by atoms with van der Waals surface area (Å²) >= 11 is 0. The second kappa shape index (κ2) is 9.79. The van der Waals surface area contributed by atoms with Crippen molar-refractivity contribution in [3.63, 3.8) is 0 Å². The van der Waals surface area contributed by atoms with Crippen molar-refractivity contribution in [2.24, 2.45) is 0 Å². The molecule has 0 spiro atoms. The molecular formula is C40H24N4. The molecule has 9 aromatic rings. The Labute approximate surface area is 253 Å². The number of benzene rings is 6. The quantitative estimate of drug-likeness (QED) is 0.202. The Bertz CT molecular complexity index is 2500. The molecule has 0 saturated heterocycles. The molecule has 4 nitrogen and oxygen atoms in total. The lowest BCUT2D eigenvalue weighted by molar-refractivity contribution is 1.19. The molecule has 0 fully saturated rings. The Kier molecular flexibility index (Phi) is 5.47. The lowest BCUT2D eigenvalue weighted by atomic mass is 9.92. The maximum Gasteiger partial charge on any atom is 0.107 e. The molecule has 9 rings (SSSR count). The molecule has 0 aliphatic carbocycles. The van der Waals surface area contributed by atoms with Crippen LogP contribution in [0, 0.1) is 0 Å². The number of hydrogen-bond acceptors (Lipinski definition) is 4. The van der Waals surface area contributed by atoms with E-state index < -0.39 is 0 Å². The molecule has 4 heteroatoms. The zero-order chi connectivity index (χ0) is 29.0. The third-order valence-electron chi connectivity index (χ3n) is 8.60. The summed E-state index contributed by atoms with van der Waals surface area (Å²) in [5, 5.41) is 9.82. The minimum absolute atomic E-state index is 0.733. The molecule has 6 aromatic carbocycles. The average Bonchev–Trinajstić information content (AvgIpc) is 3.11. The van der Waals surface area contributed by atoms with Crippen molar-refractivity contribution in [2.45, 2.75) is 0 Å². The van der Waals surface area contributed by atoms with E-state index in [1.807, 2.05) is 18.3 Å². The van der Waals surface area contributed by atoms with Gasteiger partial charge in [0.15, 0.2) is 0 Å². The minimum Gasteiger partial charge on any atom is -0.254 e. The molecule has 0 saturated carbocycles. The van der Waals surface area contributed by atoms with Crippen LogP contribution in [0.1, 0.15) is 0 Å². The molecule has 0 radical (unpaired) electrons. The predicted octanol–water partition coefficient (Wildman–Crippen LogP) is 10.0. The van der Waals surface area contributed by atoms with Crippen molar-refractivity contribution >= 4 is 54.1 Å². The van der Waals surface area contributed by atoms with E-state index in [1.165, 1.54) is 43.4 Å². The molecule has 0 aliphatic rings. The van der Waals surface area contributed by atoms with E-state index in [0.29, 0.717) is 0 Å². The molecular weight excluding hydrogens is 536 g/mol. The Morgan fingerprint density at radius 1 is 0.341 bits per heavy atom. The van der Waals surface area contributed by atoms with Crippen LogP contribution in [0.25, 0.3) is 87.9 Å². The van der Waals surface area contributed by atoms with E-state index in [1.54, 1.807) is 12.4 Å². The van der Waals surface area contributed by atoms with Crippen molar-refractivity contribution in [1.29, 1.82) is 0 Å². The fourth-order valence-corrected chi connectivity index (χ4v) is 6.40. The standard InChI is InChI=1S/C40H24N4/c1-2-9-32-30(7-1)31-8-3-4-10-33(31)35-22-29(17-19-34(32)35)25-11-13-26(14-12-25)37-23-43-38(24-42-37)36-20-18-28-16-15-27-6-5-21-41-39(27)40(28)44-36/h1-24H. The molecule has 0 atom stereocenters. The van der Waals surface area contributed by atoms with Gasteiger partial charge in [0.1, 0.15) is 5.69 Å². The molecule has 44 heavy (non-hydrogen) atoms. The fourth-order valence-electron chi connectivity index (χ4n) is 6.40. The zero-order valence-electron chi connectivity index (χ0n) is 23.6. The van der Waals surface area contributed by atoms with Crippen LogP contribution >= 0.6 is 0 Å². The van der Waals surface area contributed by atoms with E-state index in [-0.39, 0.29) is 0 Å². The highest BCUT2D eigenvalue weighted by molar-refractivity contribution is 6.25. The molecule has 0 N–H and O–H groups in total. The molecule has 0 amide bonds. The number of pyridine rings is 2. The first kappa shape index (κ1) is 24.6. The van der Waals surface area contributed by atoms with Gasteiger partial charge in [0.05, 0.1) is 34.8 Å². The molecule has 204 valence electrons. The summed E-state index contributed by atoms with van der Waals surface area (Å²) in [4.78, 5) is 19.0. The molecule has 3 aromatic heterocycles. The lowest BCUT2D eigenvalue weighted by Gasteiger charge is -2.12. The Morgan fingerprint density at radius 3 is 1.61 bits per heavy atom. The fraction of sp³-hybridized carbons (Fsp3) is 0. The van der Waals surface area contributed by atoms with Crippen molar-refractivity contribution in [3.05, 3.63) is 146 Å². The molecule has 0 unspecified atom stereocenters. The van der Waals surface area contributed by atoms with Gasteiger partial charge in [-0.2, -0.15) is 0 Å². The summed E-state index contributed by atoms with van der Waals surface area (Å²) in [7, 11) is 0. The van der Waals surface area contributed by atoms with Gasteiger partial charge < -0.3 is 0 Å². The number of rotatable bonds is 3. The van der Waals surface area contributed by atoms with Gasteiger partial charge in [-0.05, 0) is 61.6 Å². The van der Waals surface area contributed by atoms with Gasteiger partial charge in [-0.15, -0.1) is 0 Å². The van der Waals surface area contributed by atoms with E-state index in [9.17, 15) is 0 Å². The SMILES string of the molecule is c1cnc2c(c1)ccc1ccc(-c3cnc(-c4ccc(-c5ccc6c7ccccc7c7ccccc7c6c5)cc4)cn3)nc12. The van der Waals surface area contributed by atoms with Crippen molar-refractivity contribution in [3.8, 4) is 33.8 Å². The highest BCUT2D eigenvalue weighted by Gasteiger charge is 2.11. The first-order chi connectivity index (χ1) is 21.8. The van der Waals surface area contributed by atoms with Crippen LogP contribution in [0.2, 0.25) is 0 Å². The van der Waals surface area contributed by atoms with E-state index in [0.717, 1.165) is 44.5 Å². The smallest absolute Gasteiger partial charge is 0.107 e. The first-order valence-corrected chi connectivity index (χ1v) is 14.7. The number of fused-ring (bicyclic) bond motifs is 9. The van der Waals surface area contributed by atoms with Crippen LogP contribution < -0.4 is 0 Å². The zero-order valence-corrected chi connectivity index (χ0v) is 23.6. The first-order valence-electron chi connectivity index (χ1n) is 14.7.